The maximum atomic E-state index is 12.4. The molecular weight excluding hydrogens is 288 g/mol. The molecule has 2 aliphatic rings. The first-order chi connectivity index (χ1) is 11.2. The van der Waals surface area contributed by atoms with Crippen LogP contribution in [0.4, 0.5) is 10.5 Å². The summed E-state index contributed by atoms with van der Waals surface area (Å²) in [6, 6.07) is 8.57. The Morgan fingerprint density at radius 1 is 1.13 bits per heavy atom. The molecule has 1 saturated carbocycles. The van der Waals surface area contributed by atoms with Crippen molar-refractivity contribution in [2.45, 2.75) is 44.7 Å². The van der Waals surface area contributed by atoms with E-state index in [0.717, 1.165) is 51.3 Å². The molecule has 0 atom stereocenters. The maximum absolute atomic E-state index is 12.4. The Hall–Kier alpha value is -1.75. The van der Waals surface area contributed by atoms with E-state index >= 15 is 0 Å². The topological polar surface area (TPSA) is 61.6 Å². The molecule has 126 valence electrons. The lowest BCUT2D eigenvalue weighted by molar-refractivity contribution is 0.132. The van der Waals surface area contributed by atoms with Gasteiger partial charge in [0.2, 0.25) is 0 Å². The molecule has 0 spiro atoms. The van der Waals surface area contributed by atoms with Crippen LogP contribution in [0.15, 0.2) is 24.3 Å². The van der Waals surface area contributed by atoms with Gasteiger partial charge in [-0.3, -0.25) is 4.90 Å². The molecule has 5 heteroatoms. The van der Waals surface area contributed by atoms with E-state index in [1.807, 2.05) is 23.1 Å². The van der Waals surface area contributed by atoms with Crippen LogP contribution < -0.4 is 11.1 Å². The van der Waals surface area contributed by atoms with Gasteiger partial charge in [-0.05, 0) is 30.5 Å². The summed E-state index contributed by atoms with van der Waals surface area (Å²) in [4.78, 5) is 16.7. The summed E-state index contributed by atoms with van der Waals surface area (Å²) in [5, 5.41) is 3.21. The van der Waals surface area contributed by atoms with Crippen LogP contribution in [0.3, 0.4) is 0 Å². The summed E-state index contributed by atoms with van der Waals surface area (Å²) in [6.45, 7) is 4.37. The number of hydrogen-bond donors (Lipinski definition) is 2. The number of anilines is 1. The Balaban J connectivity index is 1.43. The molecule has 3 rings (SSSR count). The molecule has 1 aliphatic carbocycles. The smallest absolute Gasteiger partial charge is 0.317 e. The van der Waals surface area contributed by atoms with E-state index < -0.39 is 0 Å². The highest BCUT2D eigenvalue weighted by Crippen LogP contribution is 2.18. The monoisotopic (exact) mass is 316 g/mol. The lowest BCUT2D eigenvalue weighted by atomic mass is 9.96. The van der Waals surface area contributed by atoms with Gasteiger partial charge < -0.3 is 16.0 Å². The quantitative estimate of drug-likeness (QED) is 0.842. The zero-order valence-electron chi connectivity index (χ0n) is 13.8. The third-order valence-electron chi connectivity index (χ3n) is 4.95. The molecule has 0 aromatic heterocycles. The predicted octanol–water partition coefficient (Wildman–Crippen LogP) is 2.43. The van der Waals surface area contributed by atoms with Crippen molar-refractivity contribution in [2.75, 3.05) is 31.9 Å². The fourth-order valence-electron chi connectivity index (χ4n) is 3.57. The van der Waals surface area contributed by atoms with Crippen LogP contribution in [0.5, 0.6) is 0 Å². The van der Waals surface area contributed by atoms with Crippen LogP contribution in [0.25, 0.3) is 0 Å². The molecule has 2 amide bonds. The summed E-state index contributed by atoms with van der Waals surface area (Å²) in [5.41, 5.74) is 7.89. The molecule has 1 saturated heterocycles. The number of nitrogens with one attached hydrogen (secondary N) is 1. The van der Waals surface area contributed by atoms with Crippen molar-refractivity contribution < 1.29 is 4.79 Å². The number of urea groups is 1. The Morgan fingerprint density at radius 3 is 2.57 bits per heavy atom. The number of amides is 2. The first kappa shape index (κ1) is 16.1. The number of carbonyl (C=O) groups is 1. The number of carbonyl (C=O) groups excluding carboxylic acids is 1. The SMILES string of the molecule is Nc1cccc(CN2CCN(C(=O)NC3CCCCC3)CC2)c1. The van der Waals surface area contributed by atoms with Crippen LogP contribution in [-0.4, -0.2) is 48.1 Å². The van der Waals surface area contributed by atoms with Crippen molar-refractivity contribution in [3.8, 4) is 0 Å². The van der Waals surface area contributed by atoms with Crippen molar-refractivity contribution >= 4 is 11.7 Å². The third-order valence-corrected chi connectivity index (χ3v) is 4.95. The highest BCUT2D eigenvalue weighted by molar-refractivity contribution is 5.74. The Morgan fingerprint density at radius 2 is 1.87 bits per heavy atom. The lowest BCUT2D eigenvalue weighted by Gasteiger charge is -2.36. The van der Waals surface area contributed by atoms with E-state index in [1.165, 1.54) is 24.8 Å². The first-order valence-electron chi connectivity index (χ1n) is 8.83. The van der Waals surface area contributed by atoms with Crippen molar-refractivity contribution in [3.63, 3.8) is 0 Å². The van der Waals surface area contributed by atoms with Gasteiger partial charge in [-0.2, -0.15) is 0 Å². The van der Waals surface area contributed by atoms with Crippen LogP contribution >= 0.6 is 0 Å². The molecule has 1 heterocycles. The van der Waals surface area contributed by atoms with Gasteiger partial charge >= 0.3 is 6.03 Å². The minimum Gasteiger partial charge on any atom is -0.399 e. The normalized spacial score (nSPS) is 20.4. The number of rotatable bonds is 3. The second-order valence-corrected chi connectivity index (χ2v) is 6.79. The molecule has 1 aliphatic heterocycles. The number of piperazine rings is 1. The van der Waals surface area contributed by atoms with E-state index in [9.17, 15) is 4.79 Å². The number of nitrogens with two attached hydrogens (primary N) is 1. The molecule has 5 nitrogen and oxygen atoms in total. The first-order valence-corrected chi connectivity index (χ1v) is 8.83. The molecule has 0 unspecified atom stereocenters. The average molecular weight is 316 g/mol. The van der Waals surface area contributed by atoms with Gasteiger partial charge in [0, 0.05) is 44.5 Å². The molecule has 1 aromatic carbocycles. The molecule has 0 radical (unpaired) electrons. The fraction of sp³-hybridized carbons (Fsp3) is 0.611. The predicted molar refractivity (Wildman–Crippen MR) is 93.1 cm³/mol. The zero-order chi connectivity index (χ0) is 16.1. The Labute approximate surface area is 138 Å². The Kier molecular flexibility index (Phi) is 5.39. The second kappa shape index (κ2) is 7.68. The van der Waals surface area contributed by atoms with Gasteiger partial charge in [0.15, 0.2) is 0 Å². The van der Waals surface area contributed by atoms with E-state index in [0.29, 0.717) is 6.04 Å². The van der Waals surface area contributed by atoms with Gasteiger partial charge in [0.05, 0.1) is 0 Å². The van der Waals surface area contributed by atoms with E-state index in [2.05, 4.69) is 16.3 Å². The molecule has 1 aromatic rings. The van der Waals surface area contributed by atoms with Gasteiger partial charge in [-0.15, -0.1) is 0 Å². The molecule has 3 N–H and O–H groups in total. The van der Waals surface area contributed by atoms with E-state index in [4.69, 9.17) is 5.73 Å². The van der Waals surface area contributed by atoms with Crippen molar-refractivity contribution in [3.05, 3.63) is 29.8 Å². The van der Waals surface area contributed by atoms with Gasteiger partial charge in [0.25, 0.3) is 0 Å². The van der Waals surface area contributed by atoms with Gasteiger partial charge in [-0.25, -0.2) is 4.79 Å². The summed E-state index contributed by atoms with van der Waals surface area (Å²) in [7, 11) is 0. The standard InChI is InChI=1S/C18H28N4O/c19-16-6-4-5-15(13-16)14-21-9-11-22(12-10-21)18(23)20-17-7-2-1-3-8-17/h4-6,13,17H,1-3,7-12,14,19H2,(H,20,23). The number of nitrogens with zero attached hydrogens (tertiary/aromatic N) is 2. The number of hydrogen-bond acceptors (Lipinski definition) is 3. The summed E-state index contributed by atoms with van der Waals surface area (Å²) in [6.07, 6.45) is 6.09. The summed E-state index contributed by atoms with van der Waals surface area (Å²) < 4.78 is 0. The molecular formula is C18H28N4O. The summed E-state index contributed by atoms with van der Waals surface area (Å²) >= 11 is 0. The van der Waals surface area contributed by atoms with E-state index in [1.54, 1.807) is 0 Å². The van der Waals surface area contributed by atoms with Crippen LogP contribution in [0.2, 0.25) is 0 Å². The fourth-order valence-corrected chi connectivity index (χ4v) is 3.57. The van der Waals surface area contributed by atoms with Crippen molar-refractivity contribution in [1.82, 2.24) is 15.1 Å². The number of benzene rings is 1. The number of nitrogen functional groups attached to an aromatic ring is 1. The maximum Gasteiger partial charge on any atom is 0.317 e. The van der Waals surface area contributed by atoms with Crippen LogP contribution in [0.1, 0.15) is 37.7 Å². The molecule has 23 heavy (non-hydrogen) atoms. The third kappa shape index (κ3) is 4.61. The highest BCUT2D eigenvalue weighted by Gasteiger charge is 2.23. The minimum atomic E-state index is 0.125. The minimum absolute atomic E-state index is 0.125. The lowest BCUT2D eigenvalue weighted by Crippen LogP contribution is -2.53. The second-order valence-electron chi connectivity index (χ2n) is 6.79. The Bertz CT molecular complexity index is 520. The van der Waals surface area contributed by atoms with E-state index in [-0.39, 0.29) is 6.03 Å². The zero-order valence-corrected chi connectivity index (χ0v) is 13.8. The average Bonchev–Trinajstić information content (AvgIpc) is 2.56. The van der Waals surface area contributed by atoms with Crippen LogP contribution in [0, 0.1) is 0 Å². The van der Waals surface area contributed by atoms with Gasteiger partial charge in [-0.1, -0.05) is 31.4 Å². The molecule has 0 bridgehead atoms. The largest absolute Gasteiger partial charge is 0.399 e. The van der Waals surface area contributed by atoms with Crippen molar-refractivity contribution in [1.29, 1.82) is 0 Å². The highest BCUT2D eigenvalue weighted by atomic mass is 16.2. The van der Waals surface area contributed by atoms with Gasteiger partial charge in [0.1, 0.15) is 0 Å². The molecule has 2 fully saturated rings. The summed E-state index contributed by atoms with van der Waals surface area (Å²) in [5.74, 6) is 0. The van der Waals surface area contributed by atoms with Crippen molar-refractivity contribution in [2.24, 2.45) is 0 Å². The van der Waals surface area contributed by atoms with Crippen LogP contribution in [-0.2, 0) is 6.54 Å².